The lowest BCUT2D eigenvalue weighted by Gasteiger charge is -2.44. The Bertz CT molecular complexity index is 987. The molecule has 1 aliphatic rings. The second kappa shape index (κ2) is 13.4. The van der Waals surface area contributed by atoms with Gasteiger partial charge in [-0.3, -0.25) is 0 Å². The maximum Gasteiger partial charge on any atom is 0.360 e. The quantitative estimate of drug-likeness (QED) is 0.161. The summed E-state index contributed by atoms with van der Waals surface area (Å²) < 4.78 is 22.3. The van der Waals surface area contributed by atoms with Gasteiger partial charge in [0, 0.05) is 12.5 Å². The van der Waals surface area contributed by atoms with Crippen LogP contribution in [0.25, 0.3) is 0 Å². The van der Waals surface area contributed by atoms with E-state index in [2.05, 4.69) is 81.7 Å². The number of hydrogen-bond acceptors (Lipinski definition) is 7. The highest BCUT2D eigenvalue weighted by molar-refractivity contribution is 6.74. The first-order chi connectivity index (χ1) is 17.7. The van der Waals surface area contributed by atoms with Gasteiger partial charge in [-0.2, -0.15) is 0 Å². The van der Waals surface area contributed by atoms with E-state index < -0.39 is 25.8 Å². The molecule has 0 aromatic carbocycles. The van der Waals surface area contributed by atoms with E-state index in [0.29, 0.717) is 30.6 Å². The van der Waals surface area contributed by atoms with E-state index >= 15 is 0 Å². The van der Waals surface area contributed by atoms with E-state index in [-0.39, 0.29) is 22.9 Å². The number of carbonyl (C=O) groups excluding carboxylic acids is 1. The molecule has 214 valence electrons. The van der Waals surface area contributed by atoms with Gasteiger partial charge in [0.15, 0.2) is 19.9 Å². The van der Waals surface area contributed by atoms with Gasteiger partial charge in [-0.1, -0.05) is 71.1 Å². The molecular weight excluding hydrogens is 498 g/mol. The number of oxazole rings is 1. The summed E-state index contributed by atoms with van der Waals surface area (Å²) in [5.74, 6) is 0.814. The second-order valence-corrected chi connectivity index (χ2v) is 17.1. The summed E-state index contributed by atoms with van der Waals surface area (Å²) in [7, 11) is 0.961. The van der Waals surface area contributed by atoms with Crippen molar-refractivity contribution in [2.75, 3.05) is 14.2 Å². The Balaban J connectivity index is 1.90. The van der Waals surface area contributed by atoms with Crippen molar-refractivity contribution in [2.45, 2.75) is 97.2 Å². The molecular formula is C30H49NO6Si. The summed E-state index contributed by atoms with van der Waals surface area (Å²) in [6, 6.07) is 0. The van der Waals surface area contributed by atoms with Crippen molar-refractivity contribution in [3.63, 3.8) is 0 Å². The minimum Gasteiger partial charge on any atom is -0.464 e. The summed E-state index contributed by atoms with van der Waals surface area (Å²) in [4.78, 5) is 15.7. The van der Waals surface area contributed by atoms with Crippen molar-refractivity contribution >= 4 is 14.3 Å². The molecule has 1 aliphatic carbocycles. The van der Waals surface area contributed by atoms with E-state index in [1.807, 2.05) is 19.1 Å². The summed E-state index contributed by atoms with van der Waals surface area (Å²) in [5.41, 5.74) is -0.267. The number of nitrogens with zero attached hydrogens (tertiary/aromatic N) is 1. The van der Waals surface area contributed by atoms with E-state index in [9.17, 15) is 9.90 Å². The second-order valence-electron chi connectivity index (χ2n) is 12.4. The van der Waals surface area contributed by atoms with Crippen LogP contribution in [-0.4, -0.2) is 56.9 Å². The molecule has 1 N–H and O–H groups in total. The van der Waals surface area contributed by atoms with Gasteiger partial charge in [-0.25, -0.2) is 9.78 Å². The van der Waals surface area contributed by atoms with Crippen LogP contribution in [0.1, 0.15) is 70.8 Å². The molecule has 1 fully saturated rings. The molecule has 0 spiro atoms. The third kappa shape index (κ3) is 8.76. The highest BCUT2D eigenvalue weighted by Crippen LogP contribution is 2.43. The molecule has 1 aromatic rings. The monoisotopic (exact) mass is 547 g/mol. The molecule has 38 heavy (non-hydrogen) atoms. The number of allylic oxidation sites excluding steroid dienone is 3. The Morgan fingerprint density at radius 1 is 1.18 bits per heavy atom. The Morgan fingerprint density at radius 2 is 1.84 bits per heavy atom. The van der Waals surface area contributed by atoms with Crippen LogP contribution in [0.15, 0.2) is 47.1 Å². The van der Waals surface area contributed by atoms with E-state index in [0.717, 1.165) is 6.42 Å². The fraction of sp³-hybridized carbons (Fsp3) is 0.667. The van der Waals surface area contributed by atoms with E-state index in [1.165, 1.54) is 13.4 Å². The normalized spacial score (nSPS) is 21.3. The average molecular weight is 548 g/mol. The van der Waals surface area contributed by atoms with E-state index in [1.54, 1.807) is 7.11 Å². The van der Waals surface area contributed by atoms with Crippen LogP contribution in [0.4, 0.5) is 0 Å². The molecule has 0 unspecified atom stereocenters. The van der Waals surface area contributed by atoms with Gasteiger partial charge in [0.25, 0.3) is 0 Å². The third-order valence-electron chi connectivity index (χ3n) is 8.02. The fourth-order valence-corrected chi connectivity index (χ4v) is 5.30. The van der Waals surface area contributed by atoms with Crippen molar-refractivity contribution in [2.24, 2.45) is 17.3 Å². The predicted octanol–water partition coefficient (Wildman–Crippen LogP) is 6.51. The number of esters is 1. The Hall–Kier alpha value is -2.00. The lowest BCUT2D eigenvalue weighted by atomic mass is 9.79. The SMILES string of the molecule is C/C=C/[C@H](O[Si](C)(C)C(C)(C)C)C(C)(C)[C@@H](O)C/C=C\[C@H]1C[C@H]1/C=C/[C@@H](Cc1nc(C(=O)OC)co1)OC. The lowest BCUT2D eigenvalue weighted by Crippen LogP contribution is -2.50. The van der Waals surface area contributed by atoms with Crippen molar-refractivity contribution in [1.82, 2.24) is 4.98 Å². The number of carbonyl (C=O) groups is 1. The highest BCUT2D eigenvalue weighted by Gasteiger charge is 2.44. The first kappa shape index (κ1) is 32.2. The van der Waals surface area contributed by atoms with Crippen molar-refractivity contribution < 1.29 is 28.2 Å². The topological polar surface area (TPSA) is 91.0 Å². The Labute approximate surface area is 230 Å². The Morgan fingerprint density at radius 3 is 2.42 bits per heavy atom. The fourth-order valence-electron chi connectivity index (χ4n) is 3.93. The number of rotatable bonds is 14. The zero-order valence-electron chi connectivity index (χ0n) is 25.0. The molecule has 0 radical (unpaired) electrons. The van der Waals surface area contributed by atoms with Gasteiger partial charge in [-0.05, 0) is 49.7 Å². The minimum absolute atomic E-state index is 0.102. The third-order valence-corrected chi connectivity index (χ3v) is 12.5. The number of aliphatic hydroxyl groups is 1. The number of aliphatic hydroxyl groups excluding tert-OH is 1. The largest absolute Gasteiger partial charge is 0.464 e. The van der Waals surface area contributed by atoms with Gasteiger partial charge in [0.1, 0.15) is 6.26 Å². The molecule has 2 rings (SSSR count). The molecule has 8 heteroatoms. The van der Waals surface area contributed by atoms with Crippen LogP contribution in [-0.2, 0) is 20.3 Å². The highest BCUT2D eigenvalue weighted by atomic mass is 28.4. The van der Waals surface area contributed by atoms with Crippen LogP contribution in [0.3, 0.4) is 0 Å². The van der Waals surface area contributed by atoms with Gasteiger partial charge in [0.2, 0.25) is 0 Å². The van der Waals surface area contributed by atoms with Gasteiger partial charge < -0.3 is 23.4 Å². The van der Waals surface area contributed by atoms with E-state index in [4.69, 9.17) is 13.6 Å². The smallest absolute Gasteiger partial charge is 0.360 e. The van der Waals surface area contributed by atoms with Gasteiger partial charge in [-0.15, -0.1) is 0 Å². The predicted molar refractivity (Wildman–Crippen MR) is 154 cm³/mol. The molecule has 5 atom stereocenters. The zero-order valence-corrected chi connectivity index (χ0v) is 26.0. The minimum atomic E-state index is -1.99. The standard InChI is InChI=1S/C30H49NO6Si/c1-11-13-26(37-38(9,10)29(2,3)4)30(5,6)25(32)15-12-14-21-18-22(21)16-17-23(34-7)19-27-31-24(20-36-27)28(33)35-8/h11-14,16-17,20-23,25-26,32H,15,18-19H2,1-10H3/b13-11+,14-12-,17-16+/t21-,22+,23-,25-,26-/m0/s1. The lowest BCUT2D eigenvalue weighted by molar-refractivity contribution is -0.0181. The van der Waals surface area contributed by atoms with Crippen molar-refractivity contribution in [3.05, 3.63) is 54.3 Å². The van der Waals surface area contributed by atoms with Gasteiger partial charge >= 0.3 is 5.97 Å². The maximum atomic E-state index is 11.6. The van der Waals surface area contributed by atoms with Crippen LogP contribution in [0.5, 0.6) is 0 Å². The summed E-state index contributed by atoms with van der Waals surface area (Å²) in [6.07, 6.45) is 15.2. The van der Waals surface area contributed by atoms with Crippen LogP contribution in [0, 0.1) is 17.3 Å². The summed E-state index contributed by atoms with van der Waals surface area (Å²) in [5, 5.41) is 11.3. The van der Waals surface area contributed by atoms with Crippen LogP contribution in [0.2, 0.25) is 18.1 Å². The average Bonchev–Trinajstić information content (AvgIpc) is 3.42. The number of hydrogen-bond donors (Lipinski definition) is 1. The molecule has 1 aromatic heterocycles. The molecule has 0 aliphatic heterocycles. The molecule has 1 saturated carbocycles. The van der Waals surface area contributed by atoms with Crippen molar-refractivity contribution in [3.8, 4) is 0 Å². The molecule has 0 bridgehead atoms. The number of methoxy groups -OCH3 is 2. The zero-order chi connectivity index (χ0) is 28.7. The first-order valence-electron chi connectivity index (χ1n) is 13.6. The first-order valence-corrected chi connectivity index (χ1v) is 16.5. The molecule has 0 amide bonds. The summed E-state index contributed by atoms with van der Waals surface area (Å²) in [6.45, 7) is 17.4. The van der Waals surface area contributed by atoms with Crippen LogP contribution >= 0.6 is 0 Å². The molecule has 0 saturated heterocycles. The van der Waals surface area contributed by atoms with Crippen LogP contribution < -0.4 is 0 Å². The number of aromatic nitrogens is 1. The molecule has 7 nitrogen and oxygen atoms in total. The van der Waals surface area contributed by atoms with Gasteiger partial charge in [0.05, 0.1) is 31.8 Å². The summed E-state index contributed by atoms with van der Waals surface area (Å²) >= 11 is 0. The Kier molecular flexibility index (Phi) is 11.3. The maximum absolute atomic E-state index is 11.6. The number of ether oxygens (including phenoxy) is 2. The van der Waals surface area contributed by atoms with Crippen molar-refractivity contribution in [1.29, 1.82) is 0 Å². The molecule has 1 heterocycles.